The molecule has 8 aromatic carbocycles. The SMILES string of the molecule is CC(C)(C)c1cc2ccccc2cn1.CC(C)(C)c1ccc2c(c1)N=C(c1ccccc1)C2.CC(C)(C)c1ccc2c3c([nH]c2c1)CCCC3.CC(C)(C)c1ccc2nc(-c3ccccc3)[nH]c2c1.Cc1ccccc1-c1nc2cc(C(C)(C)C)ccc2o1. The average molecular weight is 1180 g/mol. The minimum atomic E-state index is 0.121. The molecule has 0 atom stereocenters. The van der Waals surface area contributed by atoms with E-state index in [-0.39, 0.29) is 27.1 Å². The highest BCUT2D eigenvalue weighted by atomic mass is 16.3. The van der Waals surface area contributed by atoms with E-state index in [0.717, 1.165) is 56.9 Å². The second kappa shape index (κ2) is 25.8. The summed E-state index contributed by atoms with van der Waals surface area (Å²) in [6.45, 7) is 35.5. The molecule has 4 aromatic heterocycles. The molecule has 1 aliphatic heterocycles. The van der Waals surface area contributed by atoms with Gasteiger partial charge in [0.2, 0.25) is 5.89 Å². The van der Waals surface area contributed by atoms with E-state index in [1.807, 2.05) is 60.8 Å². The van der Waals surface area contributed by atoms with Crippen molar-refractivity contribution in [3.8, 4) is 22.8 Å². The number of nitrogens with zero attached hydrogens (tertiary/aromatic N) is 4. The molecule has 0 amide bonds. The number of nitrogens with one attached hydrogen (secondary N) is 2. The predicted molar refractivity (Wildman–Crippen MR) is 379 cm³/mol. The summed E-state index contributed by atoms with van der Waals surface area (Å²) in [6.07, 6.45) is 8.08. The standard InChI is InChI=1S/C18H19NO.C18H19N.C17H18N2.C16H21N.C13H15N/c1-12-7-5-6-8-14(12)17-19-15-11-13(18(2,3)4)9-10-16(15)20-17;1-18(2,3)15-10-9-14-11-16(19-17(14)12-15)13-7-5-4-6-8-13;1-17(2,3)13-9-10-14-15(11-13)19-16(18-14)12-7-5-4-6-8-12;1-16(2,3)11-8-9-13-12-6-4-5-7-14(12)17-15(13)10-11;1-13(2,3)12-8-10-6-4-5-7-11(10)9-14-12/h5-11H,1-4H3;4-10,12H,11H2,1-3H3;4-11H,1-3H3,(H,18,19);8-10,17H,4-7H2,1-3H3;4-9H,1-3H3. The molecule has 0 saturated heterocycles. The molecule has 0 unspecified atom stereocenters. The van der Waals surface area contributed by atoms with Crippen molar-refractivity contribution in [3.05, 3.63) is 250 Å². The summed E-state index contributed by atoms with van der Waals surface area (Å²) < 4.78 is 5.89. The number of benzene rings is 8. The van der Waals surface area contributed by atoms with E-state index in [2.05, 4.69) is 269 Å². The summed E-state index contributed by atoms with van der Waals surface area (Å²) in [5, 5.41) is 3.93. The summed E-state index contributed by atoms with van der Waals surface area (Å²) in [6, 6.07) is 65.7. The molecule has 89 heavy (non-hydrogen) atoms. The molecular formula is C82H92N6O. The van der Waals surface area contributed by atoms with E-state index in [0.29, 0.717) is 5.89 Å². The number of fused-ring (bicyclic) bond motifs is 7. The van der Waals surface area contributed by atoms with E-state index < -0.39 is 0 Å². The maximum absolute atomic E-state index is 5.89. The topological polar surface area (TPSA) is 95.8 Å². The Hall–Kier alpha value is -8.68. The van der Waals surface area contributed by atoms with E-state index in [1.54, 1.807) is 5.56 Å². The van der Waals surface area contributed by atoms with Crippen LogP contribution in [0.15, 0.2) is 204 Å². The lowest BCUT2D eigenvalue weighted by atomic mass is 9.86. The van der Waals surface area contributed by atoms with Gasteiger partial charge in [0.1, 0.15) is 11.3 Å². The third-order valence-corrected chi connectivity index (χ3v) is 17.1. The number of hydrogen-bond acceptors (Lipinski definition) is 5. The van der Waals surface area contributed by atoms with Gasteiger partial charge in [0.25, 0.3) is 0 Å². The van der Waals surface area contributed by atoms with Crippen molar-refractivity contribution in [2.45, 2.75) is 170 Å². The summed E-state index contributed by atoms with van der Waals surface area (Å²) >= 11 is 0. The minimum Gasteiger partial charge on any atom is -0.436 e. The number of aliphatic imine (C=N–C) groups is 1. The van der Waals surface area contributed by atoms with Crippen LogP contribution in [-0.2, 0) is 46.3 Å². The van der Waals surface area contributed by atoms with Gasteiger partial charge in [-0.25, -0.2) is 9.97 Å². The molecule has 14 rings (SSSR count). The van der Waals surface area contributed by atoms with Crippen LogP contribution in [0.5, 0.6) is 0 Å². The molecule has 7 heteroatoms. The largest absolute Gasteiger partial charge is 0.436 e. The van der Waals surface area contributed by atoms with E-state index >= 15 is 0 Å². The van der Waals surface area contributed by atoms with Crippen LogP contribution in [0.25, 0.3) is 66.7 Å². The van der Waals surface area contributed by atoms with Gasteiger partial charge < -0.3 is 14.4 Å². The Kier molecular flexibility index (Phi) is 18.4. The van der Waals surface area contributed by atoms with Gasteiger partial charge >= 0.3 is 0 Å². The molecule has 7 nitrogen and oxygen atoms in total. The second-order valence-corrected chi connectivity index (χ2v) is 29.4. The van der Waals surface area contributed by atoms with Gasteiger partial charge in [-0.1, -0.05) is 243 Å². The molecule has 0 bridgehead atoms. The molecule has 2 aliphatic rings. The molecule has 2 N–H and O–H groups in total. The van der Waals surface area contributed by atoms with Crippen molar-refractivity contribution in [2.75, 3.05) is 0 Å². The second-order valence-electron chi connectivity index (χ2n) is 29.4. The number of aryl methyl sites for hydroxylation is 3. The Bertz CT molecular complexity index is 4420. The van der Waals surface area contributed by atoms with Crippen molar-refractivity contribution >= 4 is 55.2 Å². The molecule has 1 aliphatic carbocycles. The van der Waals surface area contributed by atoms with Gasteiger partial charge in [-0.2, -0.15) is 0 Å². The zero-order chi connectivity index (χ0) is 63.5. The highest BCUT2D eigenvalue weighted by Gasteiger charge is 2.23. The maximum atomic E-state index is 5.89. The van der Waals surface area contributed by atoms with E-state index in [1.165, 1.54) is 97.7 Å². The van der Waals surface area contributed by atoms with Gasteiger partial charge in [-0.15, -0.1) is 0 Å². The third kappa shape index (κ3) is 15.4. The van der Waals surface area contributed by atoms with E-state index in [4.69, 9.17) is 9.41 Å². The van der Waals surface area contributed by atoms with Crippen molar-refractivity contribution in [2.24, 2.45) is 4.99 Å². The summed E-state index contributed by atoms with van der Waals surface area (Å²) in [7, 11) is 0. The molecule has 0 fully saturated rings. The number of oxazole rings is 1. The molecule has 5 heterocycles. The first kappa shape index (κ1) is 63.3. The zero-order valence-corrected chi connectivity index (χ0v) is 55.7. The van der Waals surface area contributed by atoms with Crippen LogP contribution in [0.2, 0.25) is 0 Å². The van der Waals surface area contributed by atoms with Crippen LogP contribution < -0.4 is 0 Å². The van der Waals surface area contributed by atoms with Crippen molar-refractivity contribution < 1.29 is 4.42 Å². The number of rotatable bonds is 3. The Labute approximate surface area is 529 Å². The molecular weight excluding hydrogens is 1080 g/mol. The Morgan fingerprint density at radius 2 is 1.01 bits per heavy atom. The molecule has 456 valence electrons. The number of hydrogen-bond donors (Lipinski definition) is 2. The normalized spacial score (nSPS) is 13.2. The van der Waals surface area contributed by atoms with Crippen LogP contribution in [0.1, 0.15) is 173 Å². The zero-order valence-electron chi connectivity index (χ0n) is 55.7. The molecule has 0 radical (unpaired) electrons. The number of pyridine rings is 1. The fraction of sp³-hybridized carbons (Fsp3) is 0.317. The molecule has 0 saturated carbocycles. The first-order valence-corrected chi connectivity index (χ1v) is 31.9. The lowest BCUT2D eigenvalue weighted by Gasteiger charge is -2.19. The first-order valence-electron chi connectivity index (χ1n) is 31.9. The number of H-pyrrole nitrogens is 2. The van der Waals surface area contributed by atoms with Crippen molar-refractivity contribution in [1.82, 2.24) is 24.9 Å². The van der Waals surface area contributed by atoms with Crippen LogP contribution in [0.4, 0.5) is 5.69 Å². The van der Waals surface area contributed by atoms with Gasteiger partial charge in [0.15, 0.2) is 5.58 Å². The van der Waals surface area contributed by atoms with Crippen LogP contribution in [0, 0.1) is 6.92 Å². The highest BCUT2D eigenvalue weighted by molar-refractivity contribution is 6.06. The predicted octanol–water partition coefficient (Wildman–Crippen LogP) is 22.2. The van der Waals surface area contributed by atoms with Gasteiger partial charge in [0.05, 0.1) is 22.4 Å². The third-order valence-electron chi connectivity index (χ3n) is 17.1. The summed E-state index contributed by atoms with van der Waals surface area (Å²) in [5.74, 6) is 1.63. The number of aromatic nitrogens is 5. The average Bonchev–Trinajstić information content (AvgIpc) is 2.35. The van der Waals surface area contributed by atoms with Crippen LogP contribution in [-0.4, -0.2) is 30.6 Å². The monoisotopic (exact) mass is 1180 g/mol. The quantitative estimate of drug-likeness (QED) is 0.184. The van der Waals surface area contributed by atoms with Crippen molar-refractivity contribution in [3.63, 3.8) is 0 Å². The number of imidazole rings is 1. The first-order chi connectivity index (χ1) is 42.2. The Morgan fingerprint density at radius 3 is 1.67 bits per heavy atom. The number of aromatic amines is 2. The lowest BCUT2D eigenvalue weighted by Crippen LogP contribution is -2.12. The Morgan fingerprint density at radius 1 is 0.449 bits per heavy atom. The molecule has 12 aromatic rings. The minimum absolute atomic E-state index is 0.121. The summed E-state index contributed by atoms with van der Waals surface area (Å²) in [5.41, 5.74) is 23.9. The van der Waals surface area contributed by atoms with Gasteiger partial charge in [-0.05, 0) is 153 Å². The fourth-order valence-electron chi connectivity index (χ4n) is 11.4. The van der Waals surface area contributed by atoms with Gasteiger partial charge in [0, 0.05) is 56.8 Å². The fourth-order valence-corrected chi connectivity index (χ4v) is 11.4. The van der Waals surface area contributed by atoms with Crippen LogP contribution in [0.3, 0.4) is 0 Å². The lowest BCUT2D eigenvalue weighted by molar-refractivity contribution is 0.570. The van der Waals surface area contributed by atoms with E-state index in [9.17, 15) is 0 Å². The Balaban J connectivity index is 0.000000123. The summed E-state index contributed by atoms with van der Waals surface area (Å²) in [4.78, 5) is 25.6. The molecule has 0 spiro atoms. The smallest absolute Gasteiger partial charge is 0.227 e. The maximum Gasteiger partial charge on any atom is 0.227 e. The van der Waals surface area contributed by atoms with Crippen molar-refractivity contribution in [1.29, 1.82) is 0 Å². The van der Waals surface area contributed by atoms with Gasteiger partial charge in [-0.3, -0.25) is 9.98 Å². The highest BCUT2D eigenvalue weighted by Crippen LogP contribution is 2.36. The van der Waals surface area contributed by atoms with Crippen LogP contribution >= 0.6 is 0 Å².